The van der Waals surface area contributed by atoms with Gasteiger partial charge in [0.25, 0.3) is 5.92 Å². The lowest BCUT2D eigenvalue weighted by Crippen LogP contribution is -2.52. The lowest BCUT2D eigenvalue weighted by Gasteiger charge is -2.41. The summed E-state index contributed by atoms with van der Waals surface area (Å²) in [6.45, 7) is 1.54. The molecule has 3 aromatic rings. The maximum atomic E-state index is 14.0. The number of ether oxygens (including phenoxy) is 1. The Bertz CT molecular complexity index is 1760. The van der Waals surface area contributed by atoms with Crippen LogP contribution in [0.15, 0.2) is 58.5 Å². The topological polar surface area (TPSA) is 144 Å². The van der Waals surface area contributed by atoms with E-state index in [2.05, 4.69) is 16.3 Å². The van der Waals surface area contributed by atoms with Crippen molar-refractivity contribution in [2.75, 3.05) is 32.1 Å². The van der Waals surface area contributed by atoms with E-state index in [0.717, 1.165) is 23.8 Å². The number of halogens is 5. The highest BCUT2D eigenvalue weighted by Crippen LogP contribution is 2.44. The number of likely N-dealkylation sites (tertiary alicyclic amines) is 1. The first kappa shape index (κ1) is 33.8. The quantitative estimate of drug-likeness (QED) is 0.192. The van der Waals surface area contributed by atoms with Gasteiger partial charge in [0.1, 0.15) is 12.6 Å². The number of piperidine rings is 1. The van der Waals surface area contributed by atoms with Crippen molar-refractivity contribution < 1.29 is 45.9 Å². The Morgan fingerprint density at radius 1 is 1.24 bits per heavy atom. The Morgan fingerprint density at radius 3 is 2.48 bits per heavy atom. The third-order valence-corrected chi connectivity index (χ3v) is 8.13. The molecule has 3 heterocycles. The predicted octanol–water partition coefficient (Wildman–Crippen LogP) is 3.39. The molecular weight excluding hydrogens is 619 g/mol. The van der Waals surface area contributed by atoms with Gasteiger partial charge in [-0.1, -0.05) is 12.1 Å². The largest absolute Gasteiger partial charge is 0.554 e. The van der Waals surface area contributed by atoms with Crippen molar-refractivity contribution in [1.29, 1.82) is 5.26 Å². The zero-order valence-corrected chi connectivity index (χ0v) is 24.9. The van der Waals surface area contributed by atoms with Crippen LogP contribution in [0.4, 0.5) is 33.6 Å². The van der Waals surface area contributed by atoms with Crippen LogP contribution in [0.5, 0.6) is 0 Å². The second-order valence-corrected chi connectivity index (χ2v) is 11.2. The first-order valence-electron chi connectivity index (χ1n) is 13.8. The van der Waals surface area contributed by atoms with Gasteiger partial charge in [0.15, 0.2) is 0 Å². The third kappa shape index (κ3) is 6.64. The normalized spacial score (nSPS) is 18.5. The minimum Gasteiger partial charge on any atom is -0.554 e. The van der Waals surface area contributed by atoms with Crippen molar-refractivity contribution >= 4 is 24.1 Å². The molecule has 0 unspecified atom stereocenters. The smallest absolute Gasteiger partial charge is 0.416 e. The second kappa shape index (κ2) is 12.8. The fourth-order valence-electron chi connectivity index (χ4n) is 5.83. The lowest BCUT2D eigenvalue weighted by molar-refractivity contribution is -0.929. The Balaban J connectivity index is 0.00000154. The standard InChI is InChI=1S/C29H27F5N6O3.CH2O2/c1-17-23(25(41)43-3)24(22-8-7-18(15-35)13-19(22)16-40(2)11-9-28(30,31)10-12-40)39-26(36-37-27(39)42)38(17)21-6-4-5-20(14-21)29(32,33)34;2-1-3/h4-8,13-14,24H,9-12,16H2,1-3H3;1H,(H,2,3)/t24-;/m1./s1. The summed E-state index contributed by atoms with van der Waals surface area (Å²) in [5.41, 5.74) is -0.331. The van der Waals surface area contributed by atoms with Gasteiger partial charge in [-0.2, -0.15) is 18.4 Å². The van der Waals surface area contributed by atoms with Crippen molar-refractivity contribution in [3.05, 3.63) is 86.5 Å². The van der Waals surface area contributed by atoms with Crippen molar-refractivity contribution in [1.82, 2.24) is 14.8 Å². The molecule has 2 aliphatic heterocycles. The number of alkyl halides is 5. The number of methoxy groups -OCH3 is 1. The van der Waals surface area contributed by atoms with Crippen LogP contribution in [0.25, 0.3) is 0 Å². The Hall–Kier alpha value is -5.04. The van der Waals surface area contributed by atoms with E-state index in [-0.39, 0.29) is 65.4 Å². The highest BCUT2D eigenvalue weighted by atomic mass is 19.4. The van der Waals surface area contributed by atoms with Gasteiger partial charge in [-0.25, -0.2) is 28.0 Å². The summed E-state index contributed by atoms with van der Waals surface area (Å²) in [4.78, 5) is 36.2. The van der Waals surface area contributed by atoms with Crippen LogP contribution < -0.4 is 15.7 Å². The Morgan fingerprint density at radius 2 is 1.89 bits per heavy atom. The molecule has 1 N–H and O–H groups in total. The molecule has 11 nitrogen and oxygen atoms in total. The number of aromatic nitrogens is 3. The Kier molecular flexibility index (Phi) is 9.38. The van der Waals surface area contributed by atoms with Gasteiger partial charge in [-0.05, 0) is 42.8 Å². The van der Waals surface area contributed by atoms with E-state index in [4.69, 9.17) is 14.6 Å². The van der Waals surface area contributed by atoms with Crippen LogP contribution >= 0.6 is 0 Å². The SMILES string of the molecule is COC(=O)C1=C(C)N(c2cccc(C(F)(F)F)c2)c2n[nH]c(=O)n2[C@@H]1c1ccc(C#N)cc1C[N+]1(C)CCC(F)(F)CC1.O=C[O-]. The summed E-state index contributed by atoms with van der Waals surface area (Å²) >= 11 is 0. The molecular formula is C30H29F5N6O5. The molecule has 0 aliphatic carbocycles. The van der Waals surface area contributed by atoms with E-state index in [0.29, 0.717) is 11.1 Å². The van der Waals surface area contributed by atoms with Crippen molar-refractivity contribution in [2.45, 2.75) is 44.5 Å². The minimum atomic E-state index is -4.66. The monoisotopic (exact) mass is 648 g/mol. The van der Waals surface area contributed by atoms with Gasteiger partial charge in [-0.15, -0.1) is 5.10 Å². The van der Waals surface area contributed by atoms with Crippen molar-refractivity contribution in [2.24, 2.45) is 0 Å². The van der Waals surface area contributed by atoms with Gasteiger partial charge in [0.05, 0.1) is 62.9 Å². The van der Waals surface area contributed by atoms with Crippen molar-refractivity contribution in [3.63, 3.8) is 0 Å². The number of nitrogens with zero attached hydrogens (tertiary/aromatic N) is 5. The van der Waals surface area contributed by atoms with Crippen LogP contribution in [0.1, 0.15) is 48.1 Å². The average molecular weight is 649 g/mol. The van der Waals surface area contributed by atoms with Gasteiger partial charge < -0.3 is 19.1 Å². The molecule has 2 aromatic carbocycles. The molecule has 0 spiro atoms. The molecule has 0 radical (unpaired) electrons. The molecule has 0 amide bonds. The number of nitriles is 1. The maximum Gasteiger partial charge on any atom is 0.416 e. The summed E-state index contributed by atoms with van der Waals surface area (Å²) in [5.74, 6) is -3.69. The number of esters is 1. The summed E-state index contributed by atoms with van der Waals surface area (Å²) in [6.07, 6.45) is -5.29. The Labute approximate surface area is 259 Å². The summed E-state index contributed by atoms with van der Waals surface area (Å²) in [6, 6.07) is 9.98. The van der Waals surface area contributed by atoms with Crippen LogP contribution in [0, 0.1) is 11.3 Å². The molecule has 5 rings (SSSR count). The number of carboxylic acid groups (broad SMARTS) is 1. The molecule has 1 atom stereocenters. The number of benzene rings is 2. The van der Waals surface area contributed by atoms with Gasteiger partial charge in [0, 0.05) is 23.4 Å². The van der Waals surface area contributed by atoms with E-state index in [1.807, 2.05) is 7.05 Å². The van der Waals surface area contributed by atoms with E-state index in [1.54, 1.807) is 12.1 Å². The number of carbonyl (C=O) groups is 2. The predicted molar refractivity (Wildman–Crippen MR) is 150 cm³/mol. The number of aromatic amines is 1. The highest BCUT2D eigenvalue weighted by molar-refractivity contribution is 5.93. The molecule has 16 heteroatoms. The van der Waals surface area contributed by atoms with Crippen LogP contribution in [-0.2, 0) is 27.0 Å². The van der Waals surface area contributed by atoms with Gasteiger partial charge in [0.2, 0.25) is 5.95 Å². The molecule has 0 bridgehead atoms. The zero-order chi connectivity index (χ0) is 34.0. The molecule has 1 saturated heterocycles. The van der Waals surface area contributed by atoms with E-state index in [9.17, 15) is 36.8 Å². The van der Waals surface area contributed by atoms with Gasteiger partial charge >= 0.3 is 17.8 Å². The van der Waals surface area contributed by atoms with E-state index < -0.39 is 41.8 Å². The third-order valence-electron chi connectivity index (χ3n) is 8.13. The number of fused-ring (bicyclic) bond motifs is 1. The fourth-order valence-corrected chi connectivity index (χ4v) is 5.83. The minimum absolute atomic E-state index is 0.000193. The van der Waals surface area contributed by atoms with Crippen LogP contribution in [0.2, 0.25) is 0 Å². The number of hydrogen-bond acceptors (Lipinski definition) is 8. The zero-order valence-electron chi connectivity index (χ0n) is 24.9. The number of nitrogens with one attached hydrogen (secondary N) is 1. The lowest BCUT2D eigenvalue weighted by atomic mass is 9.89. The van der Waals surface area contributed by atoms with Crippen LogP contribution in [-0.4, -0.2) is 64.9 Å². The number of H-pyrrole nitrogens is 1. The van der Waals surface area contributed by atoms with Gasteiger partial charge in [-0.3, -0.25) is 4.90 Å². The second-order valence-electron chi connectivity index (χ2n) is 11.2. The average Bonchev–Trinajstić information content (AvgIpc) is 3.38. The highest BCUT2D eigenvalue weighted by Gasteiger charge is 2.44. The first-order valence-corrected chi connectivity index (χ1v) is 13.8. The molecule has 1 aromatic heterocycles. The molecule has 46 heavy (non-hydrogen) atoms. The summed E-state index contributed by atoms with van der Waals surface area (Å²) < 4.78 is 75.3. The fraction of sp³-hybridized carbons (Fsp3) is 0.367. The summed E-state index contributed by atoms with van der Waals surface area (Å²) in [5, 5.41) is 24.3. The number of carbonyl (C=O) groups excluding carboxylic acids is 2. The number of allylic oxidation sites excluding steroid dienone is 1. The van der Waals surface area contributed by atoms with Crippen LogP contribution in [0.3, 0.4) is 0 Å². The molecule has 244 valence electrons. The maximum absolute atomic E-state index is 14.0. The molecule has 1 fully saturated rings. The molecule has 2 aliphatic rings. The molecule has 0 saturated carbocycles. The number of quaternary nitrogens is 1. The van der Waals surface area contributed by atoms with E-state index >= 15 is 0 Å². The number of hydrogen-bond donors (Lipinski definition) is 1. The number of rotatable bonds is 5. The van der Waals surface area contributed by atoms with E-state index in [1.165, 1.54) is 30.0 Å². The summed E-state index contributed by atoms with van der Waals surface area (Å²) in [7, 11) is 2.97. The first-order chi connectivity index (χ1) is 21.6. The number of anilines is 2. The van der Waals surface area contributed by atoms with Crippen molar-refractivity contribution in [3.8, 4) is 6.07 Å².